The van der Waals surface area contributed by atoms with E-state index in [2.05, 4.69) is 0 Å². The number of methoxy groups -OCH3 is 1. The van der Waals surface area contributed by atoms with Crippen LogP contribution in [0.15, 0.2) is 18.2 Å². The summed E-state index contributed by atoms with van der Waals surface area (Å²) in [5, 5.41) is 0. The van der Waals surface area contributed by atoms with Gasteiger partial charge in [-0.1, -0.05) is 12.1 Å². The maximum atomic E-state index is 12.6. The average Bonchev–Trinajstić information content (AvgIpc) is 3.20. The van der Waals surface area contributed by atoms with Crippen LogP contribution in [0.25, 0.3) is 0 Å². The van der Waals surface area contributed by atoms with Crippen LogP contribution in [-0.4, -0.2) is 30.8 Å². The minimum Gasteiger partial charge on any atom is -0.496 e. The van der Waals surface area contributed by atoms with E-state index >= 15 is 0 Å². The molecule has 0 saturated heterocycles. The standard InChI is InChI=1S/C14H19F3N2O/c1-20-13-6-10(2-3-11(13)7-18)8-19(12-4-5-12)9-14(15,16)17/h2-3,6,12H,4-5,7-9,18H2,1H3. The zero-order chi connectivity index (χ0) is 14.8. The second-order valence-electron chi connectivity index (χ2n) is 5.10. The Morgan fingerprint density at radius 2 is 2.05 bits per heavy atom. The summed E-state index contributed by atoms with van der Waals surface area (Å²) in [5.74, 6) is 0.632. The van der Waals surface area contributed by atoms with Crippen molar-refractivity contribution in [3.8, 4) is 5.75 Å². The normalized spacial score (nSPS) is 15.7. The van der Waals surface area contributed by atoms with Gasteiger partial charge in [-0.3, -0.25) is 4.90 Å². The number of alkyl halides is 3. The zero-order valence-corrected chi connectivity index (χ0v) is 11.4. The molecular weight excluding hydrogens is 269 g/mol. The molecule has 1 saturated carbocycles. The van der Waals surface area contributed by atoms with Crippen molar-refractivity contribution in [1.29, 1.82) is 0 Å². The fourth-order valence-corrected chi connectivity index (χ4v) is 2.27. The fourth-order valence-electron chi connectivity index (χ4n) is 2.27. The van der Waals surface area contributed by atoms with Crippen molar-refractivity contribution in [2.45, 2.75) is 38.1 Å². The van der Waals surface area contributed by atoms with Gasteiger partial charge < -0.3 is 10.5 Å². The van der Waals surface area contributed by atoms with E-state index in [1.165, 1.54) is 12.0 Å². The van der Waals surface area contributed by atoms with Crippen LogP contribution in [0.3, 0.4) is 0 Å². The van der Waals surface area contributed by atoms with E-state index in [0.717, 1.165) is 24.0 Å². The highest BCUT2D eigenvalue weighted by Gasteiger charge is 2.37. The van der Waals surface area contributed by atoms with Gasteiger partial charge in [0.25, 0.3) is 0 Å². The van der Waals surface area contributed by atoms with Crippen molar-refractivity contribution >= 4 is 0 Å². The maximum absolute atomic E-state index is 12.6. The number of hydrogen-bond acceptors (Lipinski definition) is 3. The SMILES string of the molecule is COc1cc(CN(CC(F)(F)F)C2CC2)ccc1CN. The first kappa shape index (κ1) is 15.1. The number of rotatable bonds is 6. The van der Waals surface area contributed by atoms with E-state index in [1.807, 2.05) is 12.1 Å². The molecule has 2 rings (SSSR count). The summed E-state index contributed by atoms with van der Waals surface area (Å²) in [4.78, 5) is 1.48. The Hall–Kier alpha value is -1.27. The predicted octanol–water partition coefficient (Wildman–Crippen LogP) is 2.68. The molecule has 2 N–H and O–H groups in total. The zero-order valence-electron chi connectivity index (χ0n) is 11.4. The van der Waals surface area contributed by atoms with Crippen molar-refractivity contribution in [1.82, 2.24) is 4.90 Å². The molecule has 0 amide bonds. The minimum atomic E-state index is -4.16. The molecule has 1 aromatic carbocycles. The lowest BCUT2D eigenvalue weighted by atomic mass is 10.1. The maximum Gasteiger partial charge on any atom is 0.401 e. The summed E-state index contributed by atoms with van der Waals surface area (Å²) >= 11 is 0. The molecule has 0 aromatic heterocycles. The predicted molar refractivity (Wildman–Crippen MR) is 70.4 cm³/mol. The monoisotopic (exact) mass is 288 g/mol. The Kier molecular flexibility index (Phi) is 4.55. The summed E-state index contributed by atoms with van der Waals surface area (Å²) < 4.78 is 42.9. The van der Waals surface area contributed by atoms with Crippen LogP contribution in [0.4, 0.5) is 13.2 Å². The Morgan fingerprint density at radius 1 is 1.35 bits per heavy atom. The van der Waals surface area contributed by atoms with Gasteiger partial charge in [0.15, 0.2) is 0 Å². The Bertz CT molecular complexity index is 458. The molecule has 3 nitrogen and oxygen atoms in total. The smallest absolute Gasteiger partial charge is 0.401 e. The third-order valence-corrected chi connectivity index (χ3v) is 3.40. The van der Waals surface area contributed by atoms with E-state index in [-0.39, 0.29) is 12.6 Å². The highest BCUT2D eigenvalue weighted by molar-refractivity contribution is 5.37. The van der Waals surface area contributed by atoms with Gasteiger partial charge in [0.05, 0.1) is 13.7 Å². The second kappa shape index (κ2) is 6.01. The highest BCUT2D eigenvalue weighted by Crippen LogP contribution is 2.32. The van der Waals surface area contributed by atoms with Gasteiger partial charge in [0.2, 0.25) is 0 Å². The summed E-state index contributed by atoms with van der Waals surface area (Å²) in [6, 6.07) is 5.45. The minimum absolute atomic E-state index is 0.0526. The number of hydrogen-bond donors (Lipinski definition) is 1. The summed E-state index contributed by atoms with van der Waals surface area (Å²) in [7, 11) is 1.53. The summed E-state index contributed by atoms with van der Waals surface area (Å²) in [5.41, 5.74) is 7.25. The van der Waals surface area contributed by atoms with Crippen LogP contribution in [0.2, 0.25) is 0 Å². The van der Waals surface area contributed by atoms with Crippen molar-refractivity contribution in [2.24, 2.45) is 5.73 Å². The largest absolute Gasteiger partial charge is 0.496 e. The van der Waals surface area contributed by atoms with Gasteiger partial charge >= 0.3 is 6.18 Å². The molecular formula is C14H19F3N2O. The van der Waals surface area contributed by atoms with Crippen molar-refractivity contribution in [3.63, 3.8) is 0 Å². The molecule has 0 radical (unpaired) electrons. The second-order valence-corrected chi connectivity index (χ2v) is 5.10. The van der Waals surface area contributed by atoms with Crippen LogP contribution in [0.1, 0.15) is 24.0 Å². The van der Waals surface area contributed by atoms with Crippen molar-refractivity contribution in [2.75, 3.05) is 13.7 Å². The van der Waals surface area contributed by atoms with Gasteiger partial charge in [-0.15, -0.1) is 0 Å². The van der Waals surface area contributed by atoms with Gasteiger partial charge in [0, 0.05) is 24.7 Å². The quantitative estimate of drug-likeness (QED) is 0.874. The number of nitrogens with two attached hydrogens (primary N) is 1. The number of halogens is 3. The molecule has 20 heavy (non-hydrogen) atoms. The van der Waals surface area contributed by atoms with Gasteiger partial charge in [-0.25, -0.2) is 0 Å². The van der Waals surface area contributed by atoms with Crippen molar-refractivity contribution < 1.29 is 17.9 Å². The topological polar surface area (TPSA) is 38.5 Å². The average molecular weight is 288 g/mol. The molecule has 1 aromatic rings. The van der Waals surface area contributed by atoms with Gasteiger partial charge in [0.1, 0.15) is 5.75 Å². The molecule has 0 spiro atoms. The highest BCUT2D eigenvalue weighted by atomic mass is 19.4. The first-order chi connectivity index (χ1) is 9.43. The molecule has 0 aliphatic heterocycles. The molecule has 0 bridgehead atoms. The van der Waals surface area contributed by atoms with E-state index < -0.39 is 12.7 Å². The number of ether oxygens (including phenoxy) is 1. The Morgan fingerprint density at radius 3 is 2.55 bits per heavy atom. The lowest BCUT2D eigenvalue weighted by Crippen LogP contribution is -2.35. The Balaban J connectivity index is 2.10. The molecule has 1 aliphatic carbocycles. The van der Waals surface area contributed by atoms with E-state index in [9.17, 15) is 13.2 Å². The molecule has 1 fully saturated rings. The molecule has 1 aliphatic rings. The van der Waals surface area contributed by atoms with E-state index in [1.54, 1.807) is 6.07 Å². The van der Waals surface area contributed by atoms with Crippen molar-refractivity contribution in [3.05, 3.63) is 29.3 Å². The van der Waals surface area contributed by atoms with Crippen LogP contribution in [0, 0.1) is 0 Å². The van der Waals surface area contributed by atoms with Crippen LogP contribution in [-0.2, 0) is 13.1 Å². The van der Waals surface area contributed by atoms with Gasteiger partial charge in [-0.05, 0) is 24.5 Å². The van der Waals surface area contributed by atoms with Gasteiger partial charge in [-0.2, -0.15) is 13.2 Å². The number of benzene rings is 1. The molecule has 112 valence electrons. The van der Waals surface area contributed by atoms with Crippen LogP contribution in [0.5, 0.6) is 5.75 Å². The lowest BCUT2D eigenvalue weighted by Gasteiger charge is -2.23. The molecule has 6 heteroatoms. The first-order valence-corrected chi connectivity index (χ1v) is 6.59. The molecule has 0 unspecified atom stereocenters. The van der Waals surface area contributed by atoms with E-state index in [0.29, 0.717) is 12.3 Å². The summed E-state index contributed by atoms with van der Waals surface area (Å²) in [6.45, 7) is -0.234. The first-order valence-electron chi connectivity index (χ1n) is 6.59. The van der Waals surface area contributed by atoms with Crippen LogP contribution >= 0.6 is 0 Å². The third-order valence-electron chi connectivity index (χ3n) is 3.40. The van der Waals surface area contributed by atoms with Crippen LogP contribution < -0.4 is 10.5 Å². The number of nitrogens with zero attached hydrogens (tertiary/aromatic N) is 1. The third kappa shape index (κ3) is 4.11. The molecule has 0 heterocycles. The van der Waals surface area contributed by atoms with E-state index in [4.69, 9.17) is 10.5 Å². The fraction of sp³-hybridized carbons (Fsp3) is 0.571. The summed E-state index contributed by atoms with van der Waals surface area (Å²) in [6.07, 6.45) is -2.48. The Labute approximate surface area is 116 Å². The molecule has 0 atom stereocenters. The lowest BCUT2D eigenvalue weighted by molar-refractivity contribution is -0.148.